The molecule has 1 atom stereocenters. The summed E-state index contributed by atoms with van der Waals surface area (Å²) in [6.45, 7) is 2.37. The normalized spacial score (nSPS) is 11.6. The fraction of sp³-hybridized carbons (Fsp3) is 0.222. The van der Waals surface area contributed by atoms with Crippen molar-refractivity contribution in [2.24, 2.45) is 0 Å². The molecule has 2 N–H and O–H groups in total. The van der Waals surface area contributed by atoms with Gasteiger partial charge in [-0.2, -0.15) is 5.10 Å². The number of hydrogen-bond acceptors (Lipinski definition) is 6. The number of ether oxygens (including phenoxy) is 1. The first-order valence-electron chi connectivity index (χ1n) is 8.40. The lowest BCUT2D eigenvalue weighted by Crippen LogP contribution is -2.38. The minimum Gasteiger partial charge on any atom is -0.478 e. The molecule has 1 unspecified atom stereocenters. The van der Waals surface area contributed by atoms with Crippen LogP contribution in [0.1, 0.15) is 6.92 Å². The van der Waals surface area contributed by atoms with E-state index in [1.807, 2.05) is 0 Å². The molecule has 1 amide bonds. The molecule has 0 radical (unpaired) electrons. The number of halogens is 1. The van der Waals surface area contributed by atoms with Crippen molar-refractivity contribution in [3.63, 3.8) is 0 Å². The Morgan fingerprint density at radius 2 is 2.04 bits per heavy atom. The second-order valence-corrected chi connectivity index (χ2v) is 5.64. The number of hydrogen-bond donors (Lipinski definition) is 2. The van der Waals surface area contributed by atoms with Gasteiger partial charge in [0.15, 0.2) is 23.5 Å². The molecular weight excluding hydrogens is 351 g/mol. The van der Waals surface area contributed by atoms with Crippen LogP contribution in [-0.4, -0.2) is 45.1 Å². The summed E-state index contributed by atoms with van der Waals surface area (Å²) in [7, 11) is 0. The van der Waals surface area contributed by atoms with Crippen LogP contribution in [0.5, 0.6) is 5.75 Å². The van der Waals surface area contributed by atoms with Crippen molar-refractivity contribution in [3.05, 3.63) is 60.7 Å². The molecule has 0 aliphatic heterocycles. The zero-order valence-corrected chi connectivity index (χ0v) is 14.7. The third-order valence-corrected chi connectivity index (χ3v) is 3.63. The molecule has 0 bridgehead atoms. The maximum Gasteiger partial charge on any atom is 0.260 e. The summed E-state index contributed by atoms with van der Waals surface area (Å²) >= 11 is 0. The molecule has 0 saturated carbocycles. The monoisotopic (exact) mass is 370 g/mol. The van der Waals surface area contributed by atoms with Crippen LogP contribution in [0.4, 0.5) is 10.2 Å². The maximum absolute atomic E-state index is 13.5. The van der Waals surface area contributed by atoms with Crippen LogP contribution < -0.4 is 15.4 Å². The number of anilines is 1. The number of benzene rings is 1. The molecule has 27 heavy (non-hydrogen) atoms. The molecular formula is C18H19FN6O2. The molecule has 9 heteroatoms. The first-order valence-corrected chi connectivity index (χ1v) is 8.40. The summed E-state index contributed by atoms with van der Waals surface area (Å²) in [6.07, 6.45) is 2.62. The Labute approximate surface area is 155 Å². The average Bonchev–Trinajstić information content (AvgIpc) is 3.22. The topological polar surface area (TPSA) is 94.0 Å². The number of carbonyl (C=O) groups is 1. The summed E-state index contributed by atoms with van der Waals surface area (Å²) < 4.78 is 20.5. The van der Waals surface area contributed by atoms with Crippen molar-refractivity contribution in [2.75, 3.05) is 18.4 Å². The second kappa shape index (κ2) is 8.75. The van der Waals surface area contributed by atoms with Crippen LogP contribution >= 0.6 is 0 Å². The molecule has 0 fully saturated rings. The van der Waals surface area contributed by atoms with E-state index in [4.69, 9.17) is 4.74 Å². The molecule has 0 saturated heterocycles. The fourth-order valence-electron chi connectivity index (χ4n) is 2.25. The molecule has 1 aromatic carbocycles. The molecule has 3 aromatic rings. The number of aromatic nitrogens is 4. The van der Waals surface area contributed by atoms with E-state index in [2.05, 4.69) is 25.9 Å². The predicted octanol–water partition coefficient (Wildman–Crippen LogP) is 1.80. The third-order valence-electron chi connectivity index (χ3n) is 3.63. The highest BCUT2D eigenvalue weighted by Crippen LogP contribution is 2.16. The van der Waals surface area contributed by atoms with Crippen LogP contribution in [0.2, 0.25) is 0 Å². The van der Waals surface area contributed by atoms with Gasteiger partial charge in [-0.15, -0.1) is 10.2 Å². The van der Waals surface area contributed by atoms with Gasteiger partial charge in [-0.25, -0.2) is 9.07 Å². The van der Waals surface area contributed by atoms with E-state index in [1.54, 1.807) is 54.3 Å². The molecule has 0 aliphatic carbocycles. The highest BCUT2D eigenvalue weighted by Gasteiger charge is 2.15. The van der Waals surface area contributed by atoms with Crippen LogP contribution in [-0.2, 0) is 4.79 Å². The van der Waals surface area contributed by atoms with E-state index in [9.17, 15) is 9.18 Å². The van der Waals surface area contributed by atoms with Crippen molar-refractivity contribution in [3.8, 4) is 11.6 Å². The molecule has 2 aromatic heterocycles. The Balaban J connectivity index is 1.40. The van der Waals surface area contributed by atoms with Crippen molar-refractivity contribution >= 4 is 11.7 Å². The molecule has 0 spiro atoms. The molecule has 8 nitrogen and oxygen atoms in total. The number of rotatable bonds is 8. The number of amides is 1. The van der Waals surface area contributed by atoms with Gasteiger partial charge in [-0.1, -0.05) is 12.1 Å². The summed E-state index contributed by atoms with van der Waals surface area (Å²) in [5.74, 6) is 0.399. The Hall–Kier alpha value is -3.49. The quantitative estimate of drug-likeness (QED) is 0.587. The van der Waals surface area contributed by atoms with Crippen LogP contribution in [0, 0.1) is 5.82 Å². The van der Waals surface area contributed by atoms with Crippen molar-refractivity contribution in [2.45, 2.75) is 13.0 Å². The van der Waals surface area contributed by atoms with Gasteiger partial charge in [0.05, 0.1) is 0 Å². The molecule has 2 heterocycles. The SMILES string of the molecule is CC(Oc1ccccc1F)C(=O)NCCNc1ccc(-n2cccn2)nn1. The lowest BCUT2D eigenvalue weighted by molar-refractivity contribution is -0.127. The first kappa shape index (κ1) is 18.3. The number of nitrogens with zero attached hydrogens (tertiary/aromatic N) is 4. The number of carbonyl (C=O) groups excluding carboxylic acids is 1. The minimum absolute atomic E-state index is 0.0471. The van der Waals surface area contributed by atoms with Crippen LogP contribution in [0.25, 0.3) is 5.82 Å². The van der Waals surface area contributed by atoms with E-state index in [-0.39, 0.29) is 11.7 Å². The third kappa shape index (κ3) is 5.00. The Morgan fingerprint density at radius 1 is 1.19 bits per heavy atom. The predicted molar refractivity (Wildman–Crippen MR) is 97.1 cm³/mol. The summed E-state index contributed by atoms with van der Waals surface area (Å²) in [6, 6.07) is 11.3. The van der Waals surface area contributed by atoms with Crippen molar-refractivity contribution < 1.29 is 13.9 Å². The van der Waals surface area contributed by atoms with E-state index in [1.165, 1.54) is 12.1 Å². The number of nitrogens with one attached hydrogen (secondary N) is 2. The van der Waals surface area contributed by atoms with Crippen molar-refractivity contribution in [1.29, 1.82) is 0 Å². The average molecular weight is 370 g/mol. The summed E-state index contributed by atoms with van der Waals surface area (Å²) in [5.41, 5.74) is 0. The smallest absolute Gasteiger partial charge is 0.260 e. The van der Waals surface area contributed by atoms with Gasteiger partial charge >= 0.3 is 0 Å². The molecule has 140 valence electrons. The number of para-hydroxylation sites is 1. The van der Waals surface area contributed by atoms with Gasteiger partial charge in [-0.05, 0) is 37.3 Å². The maximum atomic E-state index is 13.5. The zero-order valence-electron chi connectivity index (χ0n) is 14.7. The Morgan fingerprint density at radius 3 is 2.74 bits per heavy atom. The van der Waals surface area contributed by atoms with Crippen LogP contribution in [0.15, 0.2) is 54.9 Å². The van der Waals surface area contributed by atoms with E-state index in [0.717, 1.165) is 0 Å². The highest BCUT2D eigenvalue weighted by atomic mass is 19.1. The Bertz CT molecular complexity index is 870. The van der Waals surface area contributed by atoms with Gasteiger partial charge in [0.1, 0.15) is 5.82 Å². The zero-order chi connectivity index (χ0) is 19.1. The van der Waals surface area contributed by atoms with E-state index in [0.29, 0.717) is 24.7 Å². The molecule has 3 rings (SSSR count). The van der Waals surface area contributed by atoms with E-state index < -0.39 is 11.9 Å². The van der Waals surface area contributed by atoms with Crippen LogP contribution in [0.3, 0.4) is 0 Å². The second-order valence-electron chi connectivity index (χ2n) is 5.64. The standard InChI is InChI=1S/C18H19FN6O2/c1-13(27-15-6-3-2-5-14(15)19)18(26)21-11-10-20-16-7-8-17(24-23-16)25-12-4-9-22-25/h2-9,12-13H,10-11H2,1H3,(H,20,23)(H,21,26). The largest absolute Gasteiger partial charge is 0.478 e. The minimum atomic E-state index is -0.810. The van der Waals surface area contributed by atoms with Gasteiger partial charge < -0.3 is 15.4 Å². The first-order chi connectivity index (χ1) is 13.1. The van der Waals surface area contributed by atoms with Gasteiger partial charge in [-0.3, -0.25) is 4.79 Å². The Kier molecular flexibility index (Phi) is 5.93. The van der Waals surface area contributed by atoms with Crippen molar-refractivity contribution in [1.82, 2.24) is 25.3 Å². The fourth-order valence-corrected chi connectivity index (χ4v) is 2.25. The molecule has 0 aliphatic rings. The van der Waals surface area contributed by atoms with E-state index >= 15 is 0 Å². The highest BCUT2D eigenvalue weighted by molar-refractivity contribution is 5.80. The lowest BCUT2D eigenvalue weighted by Gasteiger charge is -2.15. The van der Waals surface area contributed by atoms with Gasteiger partial charge in [0.25, 0.3) is 5.91 Å². The summed E-state index contributed by atoms with van der Waals surface area (Å²) in [5, 5.41) is 18.0. The van der Waals surface area contributed by atoms with Gasteiger partial charge in [0, 0.05) is 25.5 Å². The summed E-state index contributed by atoms with van der Waals surface area (Å²) in [4.78, 5) is 12.0. The lowest BCUT2D eigenvalue weighted by atomic mass is 10.3. The van der Waals surface area contributed by atoms with Gasteiger partial charge in [0.2, 0.25) is 0 Å².